The van der Waals surface area contributed by atoms with Crippen LogP contribution < -0.4 is 5.73 Å². The molecular formula is C14H18N2O2. The van der Waals surface area contributed by atoms with Crippen LogP contribution in [0.2, 0.25) is 0 Å². The Morgan fingerprint density at radius 1 is 1.39 bits per heavy atom. The van der Waals surface area contributed by atoms with E-state index in [0.717, 1.165) is 24.9 Å². The predicted octanol–water partition coefficient (Wildman–Crippen LogP) is 0.860. The van der Waals surface area contributed by atoms with Gasteiger partial charge >= 0.3 is 0 Å². The van der Waals surface area contributed by atoms with Crippen LogP contribution in [0, 0.1) is 0 Å². The van der Waals surface area contributed by atoms with Gasteiger partial charge in [-0.2, -0.15) is 0 Å². The van der Waals surface area contributed by atoms with E-state index in [-0.39, 0.29) is 11.9 Å². The molecule has 1 amide bonds. The SMILES string of the molecule is N[C@@H]1CCN(C(=O)C2OCCc3ccccc32)C1. The molecule has 1 fully saturated rings. The molecule has 2 heterocycles. The number of amides is 1. The summed E-state index contributed by atoms with van der Waals surface area (Å²) < 4.78 is 5.68. The normalized spacial score (nSPS) is 27.1. The van der Waals surface area contributed by atoms with Crippen molar-refractivity contribution in [1.82, 2.24) is 4.90 Å². The van der Waals surface area contributed by atoms with E-state index < -0.39 is 6.10 Å². The average molecular weight is 246 g/mol. The average Bonchev–Trinajstić information content (AvgIpc) is 2.84. The first-order chi connectivity index (χ1) is 8.75. The van der Waals surface area contributed by atoms with E-state index in [1.165, 1.54) is 5.56 Å². The third-order valence-electron chi connectivity index (χ3n) is 3.75. The van der Waals surface area contributed by atoms with Crippen molar-refractivity contribution in [1.29, 1.82) is 0 Å². The Balaban J connectivity index is 1.83. The highest BCUT2D eigenvalue weighted by atomic mass is 16.5. The fourth-order valence-electron chi connectivity index (χ4n) is 2.75. The van der Waals surface area contributed by atoms with Gasteiger partial charge in [0.1, 0.15) is 0 Å². The van der Waals surface area contributed by atoms with E-state index in [1.54, 1.807) is 0 Å². The quantitative estimate of drug-likeness (QED) is 0.799. The van der Waals surface area contributed by atoms with Gasteiger partial charge in [-0.3, -0.25) is 4.79 Å². The summed E-state index contributed by atoms with van der Waals surface area (Å²) in [6, 6.07) is 8.16. The van der Waals surface area contributed by atoms with Gasteiger partial charge in [0.2, 0.25) is 0 Å². The van der Waals surface area contributed by atoms with E-state index in [0.29, 0.717) is 13.2 Å². The van der Waals surface area contributed by atoms with Crippen LogP contribution in [-0.2, 0) is 16.0 Å². The van der Waals surface area contributed by atoms with E-state index in [2.05, 4.69) is 6.07 Å². The summed E-state index contributed by atoms with van der Waals surface area (Å²) in [5.74, 6) is 0.0649. The number of carbonyl (C=O) groups excluding carboxylic acids is 1. The topological polar surface area (TPSA) is 55.6 Å². The van der Waals surface area contributed by atoms with Gasteiger partial charge < -0.3 is 15.4 Å². The summed E-state index contributed by atoms with van der Waals surface area (Å²) in [5.41, 5.74) is 8.10. The maximum atomic E-state index is 12.5. The van der Waals surface area contributed by atoms with Crippen LogP contribution in [0.3, 0.4) is 0 Å². The molecule has 2 aliphatic heterocycles. The molecule has 0 radical (unpaired) electrons. The number of fused-ring (bicyclic) bond motifs is 1. The number of rotatable bonds is 1. The van der Waals surface area contributed by atoms with Crippen molar-refractivity contribution in [3.05, 3.63) is 35.4 Å². The van der Waals surface area contributed by atoms with Crippen LogP contribution >= 0.6 is 0 Å². The molecule has 1 aromatic rings. The predicted molar refractivity (Wildman–Crippen MR) is 68.0 cm³/mol. The van der Waals surface area contributed by atoms with Crippen molar-refractivity contribution in [2.75, 3.05) is 19.7 Å². The standard InChI is InChI=1S/C14H18N2O2/c15-11-5-7-16(9-11)14(17)13-12-4-2-1-3-10(12)6-8-18-13/h1-4,11,13H,5-9,15H2/t11-,13?/m1/s1. The monoisotopic (exact) mass is 246 g/mol. The summed E-state index contributed by atoms with van der Waals surface area (Å²) in [7, 11) is 0. The number of benzene rings is 1. The molecule has 0 spiro atoms. The number of nitrogens with zero attached hydrogens (tertiary/aromatic N) is 1. The largest absolute Gasteiger partial charge is 0.363 e. The van der Waals surface area contributed by atoms with E-state index in [4.69, 9.17) is 10.5 Å². The van der Waals surface area contributed by atoms with Crippen LogP contribution in [0.15, 0.2) is 24.3 Å². The smallest absolute Gasteiger partial charge is 0.256 e. The fraction of sp³-hybridized carbons (Fsp3) is 0.500. The Morgan fingerprint density at radius 3 is 3.00 bits per heavy atom. The summed E-state index contributed by atoms with van der Waals surface area (Å²) >= 11 is 0. The second kappa shape index (κ2) is 4.71. The molecule has 0 saturated carbocycles. The second-order valence-electron chi connectivity index (χ2n) is 5.03. The molecule has 4 heteroatoms. The molecule has 1 unspecified atom stereocenters. The minimum atomic E-state index is -0.430. The zero-order valence-corrected chi connectivity index (χ0v) is 10.3. The molecule has 0 aromatic heterocycles. The lowest BCUT2D eigenvalue weighted by Gasteiger charge is -2.28. The van der Waals surface area contributed by atoms with E-state index in [1.807, 2.05) is 23.1 Å². The lowest BCUT2D eigenvalue weighted by atomic mass is 9.97. The summed E-state index contributed by atoms with van der Waals surface area (Å²) in [4.78, 5) is 14.3. The molecule has 4 nitrogen and oxygen atoms in total. The Hall–Kier alpha value is -1.39. The number of nitrogens with two attached hydrogens (primary N) is 1. The highest BCUT2D eigenvalue weighted by Crippen LogP contribution is 2.29. The lowest BCUT2D eigenvalue weighted by molar-refractivity contribution is -0.144. The van der Waals surface area contributed by atoms with Gasteiger partial charge in [0.15, 0.2) is 6.10 Å². The highest BCUT2D eigenvalue weighted by molar-refractivity contribution is 5.83. The number of hydrogen-bond acceptors (Lipinski definition) is 3. The highest BCUT2D eigenvalue weighted by Gasteiger charge is 2.33. The second-order valence-corrected chi connectivity index (χ2v) is 5.03. The number of hydrogen-bond donors (Lipinski definition) is 1. The first-order valence-corrected chi connectivity index (χ1v) is 6.49. The molecule has 96 valence electrons. The minimum absolute atomic E-state index is 0.0649. The van der Waals surface area contributed by atoms with Crippen LogP contribution in [0.25, 0.3) is 0 Å². The van der Waals surface area contributed by atoms with Gasteiger partial charge in [0.05, 0.1) is 6.61 Å². The van der Waals surface area contributed by atoms with Crippen LogP contribution in [0.5, 0.6) is 0 Å². The first kappa shape index (κ1) is 11.7. The lowest BCUT2D eigenvalue weighted by Crippen LogP contribution is -2.38. The first-order valence-electron chi connectivity index (χ1n) is 6.49. The van der Waals surface area contributed by atoms with Crippen molar-refractivity contribution >= 4 is 5.91 Å². The van der Waals surface area contributed by atoms with Gasteiger partial charge in [0.25, 0.3) is 5.91 Å². The summed E-state index contributed by atoms with van der Waals surface area (Å²) in [6.07, 6.45) is 1.35. The van der Waals surface area contributed by atoms with Crippen molar-refractivity contribution in [2.24, 2.45) is 5.73 Å². The van der Waals surface area contributed by atoms with Crippen LogP contribution in [0.1, 0.15) is 23.7 Å². The van der Waals surface area contributed by atoms with E-state index >= 15 is 0 Å². The maximum absolute atomic E-state index is 12.5. The zero-order chi connectivity index (χ0) is 12.5. The number of carbonyl (C=O) groups is 1. The minimum Gasteiger partial charge on any atom is -0.363 e. The van der Waals surface area contributed by atoms with Crippen molar-refractivity contribution in [3.8, 4) is 0 Å². The Morgan fingerprint density at radius 2 is 2.22 bits per heavy atom. The summed E-state index contributed by atoms with van der Waals surface area (Å²) in [6.45, 7) is 2.02. The zero-order valence-electron chi connectivity index (χ0n) is 10.3. The molecule has 2 atom stereocenters. The number of likely N-dealkylation sites (tertiary alicyclic amines) is 1. The van der Waals surface area contributed by atoms with Crippen molar-refractivity contribution in [3.63, 3.8) is 0 Å². The van der Waals surface area contributed by atoms with E-state index in [9.17, 15) is 4.79 Å². The molecule has 18 heavy (non-hydrogen) atoms. The van der Waals surface area contributed by atoms with Gasteiger partial charge in [0, 0.05) is 19.1 Å². The molecule has 1 aromatic carbocycles. The third kappa shape index (κ3) is 2.02. The van der Waals surface area contributed by atoms with Gasteiger partial charge in [-0.1, -0.05) is 24.3 Å². The Bertz CT molecular complexity index is 461. The van der Waals surface area contributed by atoms with Crippen LogP contribution in [-0.4, -0.2) is 36.5 Å². The van der Waals surface area contributed by atoms with Gasteiger partial charge in [-0.05, 0) is 24.0 Å². The molecule has 3 rings (SSSR count). The molecule has 2 aliphatic rings. The van der Waals surface area contributed by atoms with Crippen LogP contribution in [0.4, 0.5) is 0 Å². The fourth-order valence-corrected chi connectivity index (χ4v) is 2.75. The molecule has 1 saturated heterocycles. The maximum Gasteiger partial charge on any atom is 0.256 e. The summed E-state index contributed by atoms with van der Waals surface area (Å²) in [5, 5.41) is 0. The Labute approximate surface area is 107 Å². The Kier molecular flexibility index (Phi) is 3.06. The molecule has 0 aliphatic carbocycles. The molecular weight excluding hydrogens is 228 g/mol. The number of ether oxygens (including phenoxy) is 1. The molecule has 2 N–H and O–H groups in total. The van der Waals surface area contributed by atoms with Gasteiger partial charge in [-0.25, -0.2) is 0 Å². The van der Waals surface area contributed by atoms with Crippen molar-refractivity contribution < 1.29 is 9.53 Å². The van der Waals surface area contributed by atoms with Gasteiger partial charge in [-0.15, -0.1) is 0 Å². The third-order valence-corrected chi connectivity index (χ3v) is 3.75. The van der Waals surface area contributed by atoms with Crippen molar-refractivity contribution in [2.45, 2.75) is 25.0 Å². The molecule has 0 bridgehead atoms.